The first-order chi connectivity index (χ1) is 15.0. The molecule has 8 heteroatoms. The lowest BCUT2D eigenvalue weighted by molar-refractivity contribution is -0.116. The van der Waals surface area contributed by atoms with Crippen LogP contribution in [0.3, 0.4) is 0 Å². The van der Waals surface area contributed by atoms with Crippen molar-refractivity contribution in [2.45, 2.75) is 43.7 Å². The Kier molecular flexibility index (Phi) is 5.02. The predicted molar refractivity (Wildman–Crippen MR) is 119 cm³/mol. The number of para-hydroxylation sites is 1. The molecule has 1 amide bonds. The van der Waals surface area contributed by atoms with Crippen molar-refractivity contribution in [2.75, 3.05) is 16.2 Å². The lowest BCUT2D eigenvalue weighted by Crippen LogP contribution is -2.29. The van der Waals surface area contributed by atoms with E-state index in [-0.39, 0.29) is 17.5 Å². The molecule has 5 rings (SSSR count). The van der Waals surface area contributed by atoms with Gasteiger partial charge in [-0.25, -0.2) is 4.98 Å². The standard InChI is InChI=1S/C23H24N4O3S/c28-22(25-20-10-5-8-17-6-1-3-9-19(17)20)14-26-15-23(24-16-26)31(29,30)27-13-12-18-7-2-4-11-21(18)27/h2,4-5,7-8,10-11,15-16H,1,3,6,9,12-14H2,(H,25,28). The first-order valence-corrected chi connectivity index (χ1v) is 12.0. The second-order valence-electron chi connectivity index (χ2n) is 8.04. The number of carbonyl (C=O) groups is 1. The van der Waals surface area contributed by atoms with Gasteiger partial charge >= 0.3 is 0 Å². The van der Waals surface area contributed by atoms with Crippen molar-refractivity contribution in [3.63, 3.8) is 0 Å². The first-order valence-electron chi connectivity index (χ1n) is 10.6. The molecule has 2 heterocycles. The van der Waals surface area contributed by atoms with Gasteiger partial charge < -0.3 is 9.88 Å². The highest BCUT2D eigenvalue weighted by Crippen LogP contribution is 2.32. The topological polar surface area (TPSA) is 84.3 Å². The van der Waals surface area contributed by atoms with Crippen LogP contribution < -0.4 is 9.62 Å². The predicted octanol–water partition coefficient (Wildman–Crippen LogP) is 3.15. The SMILES string of the molecule is O=C(Cn1cnc(S(=O)(=O)N2CCc3ccccc32)c1)Nc1cccc2c1CCCC2. The Morgan fingerprint density at radius 3 is 2.71 bits per heavy atom. The number of carbonyl (C=O) groups excluding carboxylic acids is 1. The molecule has 7 nitrogen and oxygen atoms in total. The van der Waals surface area contributed by atoms with Crippen LogP contribution in [0.5, 0.6) is 0 Å². The minimum atomic E-state index is -3.77. The Balaban J connectivity index is 1.31. The average molecular weight is 437 g/mol. The molecular weight excluding hydrogens is 412 g/mol. The molecule has 0 unspecified atom stereocenters. The smallest absolute Gasteiger partial charge is 0.283 e. The molecule has 1 aliphatic heterocycles. The molecule has 3 aromatic rings. The fourth-order valence-electron chi connectivity index (χ4n) is 4.48. The van der Waals surface area contributed by atoms with Crippen LogP contribution >= 0.6 is 0 Å². The summed E-state index contributed by atoms with van der Waals surface area (Å²) in [6.45, 7) is 0.400. The fraction of sp³-hybridized carbons (Fsp3) is 0.304. The van der Waals surface area contributed by atoms with E-state index < -0.39 is 10.0 Å². The molecule has 1 N–H and O–H groups in total. The first kappa shape index (κ1) is 19.8. The third-order valence-corrected chi connectivity index (χ3v) is 7.70. The average Bonchev–Trinajstić information content (AvgIpc) is 3.42. The van der Waals surface area contributed by atoms with E-state index in [0.717, 1.165) is 30.5 Å². The summed E-state index contributed by atoms with van der Waals surface area (Å²) in [6, 6.07) is 13.5. The minimum Gasteiger partial charge on any atom is -0.327 e. The monoisotopic (exact) mass is 436 g/mol. The molecular formula is C23H24N4O3S. The van der Waals surface area contributed by atoms with E-state index in [9.17, 15) is 13.2 Å². The van der Waals surface area contributed by atoms with Gasteiger partial charge in [0.2, 0.25) is 5.91 Å². The van der Waals surface area contributed by atoms with Gasteiger partial charge in [0.1, 0.15) is 6.54 Å². The Bertz CT molecular complexity index is 1250. The molecule has 0 bridgehead atoms. The van der Waals surface area contributed by atoms with Crippen molar-refractivity contribution in [1.29, 1.82) is 0 Å². The van der Waals surface area contributed by atoms with E-state index in [0.29, 0.717) is 18.7 Å². The van der Waals surface area contributed by atoms with Crippen LogP contribution in [0.25, 0.3) is 0 Å². The Hall–Kier alpha value is -3.13. The Morgan fingerprint density at radius 2 is 1.81 bits per heavy atom. The van der Waals surface area contributed by atoms with Gasteiger partial charge in [-0.05, 0) is 60.9 Å². The van der Waals surface area contributed by atoms with Gasteiger partial charge in [-0.15, -0.1) is 0 Å². The number of aromatic nitrogens is 2. The maximum absolute atomic E-state index is 13.1. The summed E-state index contributed by atoms with van der Waals surface area (Å²) in [4.78, 5) is 16.7. The normalized spacial score (nSPS) is 15.4. The maximum Gasteiger partial charge on any atom is 0.283 e. The number of nitrogens with zero attached hydrogens (tertiary/aromatic N) is 3. The van der Waals surface area contributed by atoms with Gasteiger partial charge in [-0.1, -0.05) is 30.3 Å². The van der Waals surface area contributed by atoms with E-state index in [4.69, 9.17) is 0 Å². The fourth-order valence-corrected chi connectivity index (χ4v) is 5.93. The van der Waals surface area contributed by atoms with Gasteiger partial charge in [0.05, 0.1) is 12.0 Å². The van der Waals surface area contributed by atoms with Crippen molar-refractivity contribution >= 4 is 27.3 Å². The Labute approximate surface area is 181 Å². The van der Waals surface area contributed by atoms with Crippen molar-refractivity contribution in [3.05, 3.63) is 71.7 Å². The summed E-state index contributed by atoms with van der Waals surface area (Å²) in [5.41, 5.74) is 5.07. The zero-order chi connectivity index (χ0) is 21.4. The van der Waals surface area contributed by atoms with Crippen LogP contribution in [0, 0.1) is 0 Å². The second-order valence-corrected chi connectivity index (χ2v) is 9.85. The molecule has 160 valence electrons. The highest BCUT2D eigenvalue weighted by molar-refractivity contribution is 7.92. The van der Waals surface area contributed by atoms with E-state index >= 15 is 0 Å². The second kappa shape index (κ2) is 7.85. The van der Waals surface area contributed by atoms with Crippen molar-refractivity contribution in [1.82, 2.24) is 9.55 Å². The highest BCUT2D eigenvalue weighted by Gasteiger charge is 2.32. The summed E-state index contributed by atoms with van der Waals surface area (Å²) in [5.74, 6) is -0.202. The summed E-state index contributed by atoms with van der Waals surface area (Å²) in [6.07, 6.45) is 7.82. The van der Waals surface area contributed by atoms with E-state index in [1.165, 1.54) is 38.9 Å². The molecule has 0 radical (unpaired) electrons. The number of hydrogen-bond acceptors (Lipinski definition) is 4. The lowest BCUT2D eigenvalue weighted by atomic mass is 9.90. The molecule has 31 heavy (non-hydrogen) atoms. The third kappa shape index (κ3) is 3.72. The van der Waals surface area contributed by atoms with Crippen molar-refractivity contribution in [3.8, 4) is 0 Å². The Morgan fingerprint density at radius 1 is 1.00 bits per heavy atom. The number of rotatable bonds is 5. The van der Waals surface area contributed by atoms with Crippen LogP contribution in [-0.4, -0.2) is 30.4 Å². The number of imidazole rings is 1. The van der Waals surface area contributed by atoms with Crippen molar-refractivity contribution < 1.29 is 13.2 Å². The van der Waals surface area contributed by atoms with Gasteiger partial charge in [0.25, 0.3) is 10.0 Å². The summed E-state index contributed by atoms with van der Waals surface area (Å²) in [7, 11) is -3.77. The summed E-state index contributed by atoms with van der Waals surface area (Å²) >= 11 is 0. The number of fused-ring (bicyclic) bond motifs is 2. The zero-order valence-corrected chi connectivity index (χ0v) is 17.9. The molecule has 2 aromatic carbocycles. The van der Waals surface area contributed by atoms with Gasteiger partial charge in [0, 0.05) is 18.4 Å². The maximum atomic E-state index is 13.1. The molecule has 0 saturated heterocycles. The lowest BCUT2D eigenvalue weighted by Gasteiger charge is -2.19. The van der Waals surface area contributed by atoms with Crippen LogP contribution in [0.15, 0.2) is 60.0 Å². The molecule has 0 fully saturated rings. The quantitative estimate of drug-likeness (QED) is 0.666. The number of nitrogens with one attached hydrogen (secondary N) is 1. The number of sulfonamides is 1. The molecule has 2 aliphatic rings. The molecule has 1 aliphatic carbocycles. The molecule has 0 saturated carbocycles. The van der Waals surface area contributed by atoms with Crippen LogP contribution in [-0.2, 0) is 40.6 Å². The van der Waals surface area contributed by atoms with Crippen LogP contribution in [0.1, 0.15) is 29.5 Å². The minimum absolute atomic E-state index is 0.00275. The number of aryl methyl sites for hydroxylation is 1. The van der Waals surface area contributed by atoms with Gasteiger partial charge in [0.15, 0.2) is 5.03 Å². The molecule has 1 aromatic heterocycles. The molecule has 0 atom stereocenters. The van der Waals surface area contributed by atoms with Crippen LogP contribution in [0.2, 0.25) is 0 Å². The number of amides is 1. The number of benzene rings is 2. The largest absolute Gasteiger partial charge is 0.327 e. The third-order valence-electron chi connectivity index (χ3n) is 6.00. The van der Waals surface area contributed by atoms with E-state index in [1.807, 2.05) is 36.4 Å². The van der Waals surface area contributed by atoms with Gasteiger partial charge in [-0.3, -0.25) is 9.10 Å². The number of anilines is 2. The zero-order valence-electron chi connectivity index (χ0n) is 17.1. The summed E-state index contributed by atoms with van der Waals surface area (Å²) < 4.78 is 29.1. The number of hydrogen-bond donors (Lipinski definition) is 1. The van der Waals surface area contributed by atoms with Crippen LogP contribution in [0.4, 0.5) is 11.4 Å². The summed E-state index contributed by atoms with van der Waals surface area (Å²) in [5, 5.41) is 2.94. The highest BCUT2D eigenvalue weighted by atomic mass is 32.2. The molecule has 0 spiro atoms. The van der Waals surface area contributed by atoms with Gasteiger partial charge in [-0.2, -0.15) is 8.42 Å². The van der Waals surface area contributed by atoms with E-state index in [2.05, 4.69) is 16.4 Å². The van der Waals surface area contributed by atoms with E-state index in [1.54, 1.807) is 0 Å². The van der Waals surface area contributed by atoms with Crippen molar-refractivity contribution in [2.24, 2.45) is 0 Å².